The Morgan fingerprint density at radius 1 is 0.902 bits per heavy atom. The molecule has 2 aliphatic heterocycles. The first kappa shape index (κ1) is 36.1. The molecule has 1 saturated heterocycles. The Morgan fingerprint density at radius 3 is 2.10 bits per heavy atom. The van der Waals surface area contributed by atoms with Crippen LogP contribution >= 0.6 is 35.7 Å². The van der Waals surface area contributed by atoms with Gasteiger partial charge in [0.05, 0.1) is 4.91 Å². The number of rotatable bonds is 10. The van der Waals surface area contributed by atoms with Crippen molar-refractivity contribution in [3.8, 4) is 0 Å². The van der Waals surface area contributed by atoms with Crippen molar-refractivity contribution in [3.05, 3.63) is 129 Å². The second-order valence-corrected chi connectivity index (χ2v) is 15.1. The van der Waals surface area contributed by atoms with E-state index in [1.165, 1.54) is 62.3 Å². The number of nitrogens with zero attached hydrogens (tertiary/aromatic N) is 2. The summed E-state index contributed by atoms with van der Waals surface area (Å²) in [6, 6.07) is 33.4. The summed E-state index contributed by atoms with van der Waals surface area (Å²) in [5.74, 6) is -0.965. The topological polar surface area (TPSA) is 95.0 Å². The van der Waals surface area contributed by atoms with Gasteiger partial charge in [0.15, 0.2) is 0 Å². The van der Waals surface area contributed by atoms with E-state index in [1.807, 2.05) is 6.08 Å². The highest BCUT2D eigenvalue weighted by Crippen LogP contribution is 2.52. The van der Waals surface area contributed by atoms with Crippen LogP contribution in [-0.2, 0) is 32.0 Å². The summed E-state index contributed by atoms with van der Waals surface area (Å²) in [5.41, 5.74) is 9.79. The van der Waals surface area contributed by atoms with Crippen molar-refractivity contribution in [2.45, 2.75) is 49.0 Å². The number of carboxylic acid groups (broad SMARTS) is 1. The number of fused-ring (bicyclic) bond motifs is 3. The van der Waals surface area contributed by atoms with E-state index in [0.717, 1.165) is 36.1 Å². The van der Waals surface area contributed by atoms with Crippen molar-refractivity contribution in [1.82, 2.24) is 4.90 Å². The van der Waals surface area contributed by atoms with Gasteiger partial charge < -0.3 is 10.0 Å². The molecule has 7 nitrogen and oxygen atoms in total. The van der Waals surface area contributed by atoms with E-state index in [2.05, 4.69) is 114 Å². The second-order valence-electron chi connectivity index (χ2n) is 12.6. The zero-order valence-electron chi connectivity index (χ0n) is 28.0. The van der Waals surface area contributed by atoms with E-state index in [1.54, 1.807) is 11.8 Å². The van der Waals surface area contributed by atoms with E-state index in [0.29, 0.717) is 16.9 Å². The fourth-order valence-corrected chi connectivity index (χ4v) is 8.70. The molecule has 1 N–H and O–H groups in total. The van der Waals surface area contributed by atoms with Crippen molar-refractivity contribution < 1.29 is 24.3 Å². The minimum absolute atomic E-state index is 0.250. The standard InChI is InChI=1S/C40H36N2O3S3.CO2/c1-47-32-20-15-29(16-21-32)12-10-27-7-5-26(6-8-27)9-11-28-13-18-31(19-14-28)42-35-4-2-3-33(35)34-23-30(17-22-36(34)42)24-37-39(45)41(25-38(43)44)40(46)48-37;2-1-3/h5-8,10,12-24,33,35H,2-4,9,11,25H2,1H3,(H,43,44);/b12-10?,37-24-;. The Labute approximate surface area is 311 Å². The predicted molar refractivity (Wildman–Crippen MR) is 209 cm³/mol. The van der Waals surface area contributed by atoms with Gasteiger partial charge in [-0.25, -0.2) is 0 Å². The fourth-order valence-electron chi connectivity index (χ4n) is 7.04. The Bertz CT molecular complexity index is 2020. The van der Waals surface area contributed by atoms with E-state index < -0.39 is 12.5 Å². The lowest BCUT2D eigenvalue weighted by molar-refractivity contribution is -0.191. The molecule has 0 spiro atoms. The van der Waals surface area contributed by atoms with Crippen LogP contribution in [0.4, 0.5) is 11.4 Å². The molecule has 2 heterocycles. The van der Waals surface area contributed by atoms with Crippen LogP contribution in [0.15, 0.2) is 101 Å². The lowest BCUT2D eigenvalue weighted by Gasteiger charge is -2.27. The number of hydrogen-bond acceptors (Lipinski definition) is 8. The van der Waals surface area contributed by atoms with E-state index in [4.69, 9.17) is 26.9 Å². The number of anilines is 2. The third-order valence-electron chi connectivity index (χ3n) is 9.47. The number of carboxylic acids is 1. The fraction of sp³-hybridized carbons (Fsp3) is 0.220. The summed E-state index contributed by atoms with van der Waals surface area (Å²) < 4.78 is 0.287. The van der Waals surface area contributed by atoms with Crippen LogP contribution in [0.25, 0.3) is 18.2 Å². The first-order chi connectivity index (χ1) is 24.8. The molecular formula is C41H36N2O5S3. The van der Waals surface area contributed by atoms with E-state index in [9.17, 15) is 9.59 Å². The number of carbonyl (C=O) groups is 2. The Hall–Kier alpha value is -4.73. The number of thiocarbonyl (C=S) groups is 1. The Kier molecular flexibility index (Phi) is 11.7. The molecule has 10 heteroatoms. The van der Waals surface area contributed by atoms with Crippen LogP contribution in [0.2, 0.25) is 0 Å². The van der Waals surface area contributed by atoms with Crippen molar-refractivity contribution in [1.29, 1.82) is 0 Å². The predicted octanol–water partition coefficient (Wildman–Crippen LogP) is 8.85. The molecule has 51 heavy (non-hydrogen) atoms. The van der Waals surface area contributed by atoms with Crippen LogP contribution in [0, 0.1) is 0 Å². The van der Waals surface area contributed by atoms with Gasteiger partial charge in [-0.1, -0.05) is 97.1 Å². The highest BCUT2D eigenvalue weighted by atomic mass is 32.2. The van der Waals surface area contributed by atoms with Crippen LogP contribution in [-0.4, -0.2) is 51.2 Å². The smallest absolute Gasteiger partial charge is 0.373 e. The van der Waals surface area contributed by atoms with Gasteiger partial charge >= 0.3 is 12.1 Å². The lowest BCUT2D eigenvalue weighted by Crippen LogP contribution is -2.33. The van der Waals surface area contributed by atoms with Gasteiger partial charge in [0, 0.05) is 28.2 Å². The molecule has 1 aliphatic carbocycles. The molecule has 258 valence electrons. The number of thioether (sulfide) groups is 2. The van der Waals surface area contributed by atoms with Gasteiger partial charge in [-0.2, -0.15) is 9.59 Å². The number of amides is 1. The monoisotopic (exact) mass is 732 g/mol. The number of carbonyl (C=O) groups excluding carboxylic acids is 3. The summed E-state index contributed by atoms with van der Waals surface area (Å²) in [7, 11) is 0. The molecule has 1 amide bonds. The molecule has 0 radical (unpaired) electrons. The number of benzene rings is 4. The van der Waals surface area contributed by atoms with E-state index >= 15 is 0 Å². The molecule has 3 aliphatic rings. The van der Waals surface area contributed by atoms with Gasteiger partial charge in [-0.05, 0) is 108 Å². The average Bonchev–Trinajstić information content (AvgIpc) is 3.81. The van der Waals surface area contributed by atoms with Crippen LogP contribution in [0.5, 0.6) is 0 Å². The van der Waals surface area contributed by atoms with Crippen molar-refractivity contribution >= 4 is 87.7 Å². The maximum absolute atomic E-state index is 12.8. The first-order valence-corrected chi connectivity index (χ1v) is 19.1. The van der Waals surface area contributed by atoms with Crippen molar-refractivity contribution in [2.24, 2.45) is 0 Å². The zero-order chi connectivity index (χ0) is 35.9. The largest absolute Gasteiger partial charge is 0.480 e. The highest BCUT2D eigenvalue weighted by molar-refractivity contribution is 8.26. The Morgan fingerprint density at radius 2 is 1.49 bits per heavy atom. The zero-order valence-corrected chi connectivity index (χ0v) is 30.4. The molecule has 4 aromatic carbocycles. The molecular weight excluding hydrogens is 697 g/mol. The van der Waals surface area contributed by atoms with Crippen LogP contribution in [0.1, 0.15) is 58.6 Å². The van der Waals surface area contributed by atoms with Gasteiger partial charge in [0.2, 0.25) is 0 Å². The van der Waals surface area contributed by atoms with Gasteiger partial charge in [0.25, 0.3) is 5.91 Å². The highest BCUT2D eigenvalue weighted by Gasteiger charge is 2.42. The first-order valence-electron chi connectivity index (χ1n) is 16.7. The number of aliphatic carboxylic acids is 1. The molecule has 0 bridgehead atoms. The molecule has 7 rings (SSSR count). The summed E-state index contributed by atoms with van der Waals surface area (Å²) in [5, 5.41) is 9.16. The van der Waals surface area contributed by atoms with Crippen LogP contribution in [0.3, 0.4) is 0 Å². The summed E-state index contributed by atoms with van der Waals surface area (Å²) in [6.45, 7) is -0.413. The minimum atomic E-state index is -1.08. The van der Waals surface area contributed by atoms with Crippen LogP contribution < -0.4 is 4.90 Å². The molecule has 0 aromatic heterocycles. The number of hydrogen-bond donors (Lipinski definition) is 1. The molecule has 4 aromatic rings. The molecule has 2 atom stereocenters. The van der Waals surface area contributed by atoms with Crippen molar-refractivity contribution in [2.75, 3.05) is 17.7 Å². The quantitative estimate of drug-likeness (QED) is 0.0743. The van der Waals surface area contributed by atoms with Crippen molar-refractivity contribution in [3.63, 3.8) is 0 Å². The number of aryl methyl sites for hydroxylation is 2. The average molecular weight is 733 g/mol. The third kappa shape index (κ3) is 8.43. The van der Waals surface area contributed by atoms with E-state index in [-0.39, 0.29) is 16.4 Å². The lowest BCUT2D eigenvalue weighted by atomic mass is 9.96. The SMILES string of the molecule is CSc1ccc(C=Cc2ccc(CCc3ccc(N4c5ccc(/C=C6\SC(=S)N(CC(=O)O)C6=O)cc5C5CCCC54)cc3)cc2)cc1.O=C=O. The summed E-state index contributed by atoms with van der Waals surface area (Å²) >= 11 is 8.20. The third-order valence-corrected chi connectivity index (χ3v) is 11.6. The molecule has 2 unspecified atom stereocenters. The Balaban J connectivity index is 0.00000144. The molecule has 1 saturated carbocycles. The minimum Gasteiger partial charge on any atom is -0.480 e. The summed E-state index contributed by atoms with van der Waals surface area (Å²) in [4.78, 5) is 45.7. The van der Waals surface area contributed by atoms with Gasteiger partial charge in [-0.3, -0.25) is 14.5 Å². The second kappa shape index (κ2) is 16.5. The maximum Gasteiger partial charge on any atom is 0.373 e. The van der Waals surface area contributed by atoms with Gasteiger partial charge in [0.1, 0.15) is 10.9 Å². The normalized spacial score (nSPS) is 18.5. The van der Waals surface area contributed by atoms with Gasteiger partial charge in [-0.15, -0.1) is 11.8 Å². The molecule has 2 fully saturated rings. The maximum atomic E-state index is 12.8. The summed E-state index contributed by atoms with van der Waals surface area (Å²) in [6.07, 6.45) is 14.0.